The molecule has 0 saturated carbocycles. The number of hydrogen-bond donors (Lipinski definition) is 0. The Morgan fingerprint density at radius 3 is 2.38 bits per heavy atom. The molecule has 0 fully saturated rings. The summed E-state index contributed by atoms with van der Waals surface area (Å²) < 4.78 is 35.7. The van der Waals surface area contributed by atoms with Gasteiger partial charge in [-0.2, -0.15) is 13.2 Å². The monoisotopic (exact) mass is 207 g/mol. The average Bonchev–Trinajstić information content (AvgIpc) is 1.94. The van der Waals surface area contributed by atoms with Gasteiger partial charge in [0.2, 0.25) is 0 Å². The third-order valence-corrected chi connectivity index (χ3v) is 2.24. The quantitative estimate of drug-likeness (QED) is 0.655. The molecule has 0 atom stereocenters. The molecule has 0 N–H and O–H groups in total. The molecule has 1 aromatic heterocycles. The van der Waals surface area contributed by atoms with Crippen molar-refractivity contribution in [2.24, 2.45) is 0 Å². The van der Waals surface area contributed by atoms with Gasteiger partial charge in [-0.05, 0) is 37.2 Å². The topological polar surface area (TPSA) is 12.9 Å². The van der Waals surface area contributed by atoms with Crippen molar-refractivity contribution in [1.82, 2.24) is 4.98 Å². The highest BCUT2D eigenvalue weighted by molar-refractivity contribution is 8.00. The van der Waals surface area contributed by atoms with Gasteiger partial charge in [0, 0.05) is 16.8 Å². The summed E-state index contributed by atoms with van der Waals surface area (Å²) in [5, 5.41) is 0. The molecule has 13 heavy (non-hydrogen) atoms. The lowest BCUT2D eigenvalue weighted by Gasteiger charge is -2.06. The number of halogens is 3. The van der Waals surface area contributed by atoms with Crippen molar-refractivity contribution in [2.45, 2.75) is 24.3 Å². The molecular formula is C8H8F3NS. The second-order valence-electron chi connectivity index (χ2n) is 2.62. The van der Waals surface area contributed by atoms with Crippen molar-refractivity contribution in [3.05, 3.63) is 23.5 Å². The Kier molecular flexibility index (Phi) is 2.85. The zero-order chi connectivity index (χ0) is 10.1. The van der Waals surface area contributed by atoms with Crippen LogP contribution < -0.4 is 0 Å². The number of aryl methyl sites for hydroxylation is 2. The highest BCUT2D eigenvalue weighted by Gasteiger charge is 2.29. The maximum absolute atomic E-state index is 11.9. The molecule has 1 heterocycles. The van der Waals surface area contributed by atoms with Gasteiger partial charge in [-0.3, -0.25) is 4.98 Å². The normalized spacial score (nSPS) is 11.8. The second kappa shape index (κ2) is 3.57. The Labute approximate surface area is 78.4 Å². The highest BCUT2D eigenvalue weighted by Crippen LogP contribution is 2.36. The molecule has 0 aliphatic heterocycles. The van der Waals surface area contributed by atoms with Gasteiger partial charge < -0.3 is 0 Å². The molecule has 0 saturated heterocycles. The SMILES string of the molecule is Cc1cc(SC(F)(F)F)cnc1C. The fourth-order valence-electron chi connectivity index (χ4n) is 0.807. The van der Waals surface area contributed by atoms with Gasteiger partial charge in [-0.15, -0.1) is 0 Å². The van der Waals surface area contributed by atoms with Crippen molar-refractivity contribution in [3.63, 3.8) is 0 Å². The summed E-state index contributed by atoms with van der Waals surface area (Å²) in [5.74, 6) is 0. The zero-order valence-electron chi connectivity index (χ0n) is 7.14. The van der Waals surface area contributed by atoms with Gasteiger partial charge >= 0.3 is 5.51 Å². The Morgan fingerprint density at radius 2 is 1.92 bits per heavy atom. The van der Waals surface area contributed by atoms with Gasteiger partial charge in [0.15, 0.2) is 0 Å². The third kappa shape index (κ3) is 3.26. The summed E-state index contributed by atoms with van der Waals surface area (Å²) in [6, 6.07) is 1.49. The molecular weight excluding hydrogens is 199 g/mol. The summed E-state index contributed by atoms with van der Waals surface area (Å²) in [7, 11) is 0. The Balaban J connectivity index is 2.86. The average molecular weight is 207 g/mol. The summed E-state index contributed by atoms with van der Waals surface area (Å²) in [5.41, 5.74) is -2.70. The number of thioether (sulfide) groups is 1. The van der Waals surface area contributed by atoms with E-state index in [4.69, 9.17) is 0 Å². The lowest BCUT2D eigenvalue weighted by atomic mass is 10.2. The van der Waals surface area contributed by atoms with Crippen LogP contribution in [-0.4, -0.2) is 10.5 Å². The standard InChI is InChI=1S/C8H8F3NS/c1-5-3-7(4-12-6(5)2)13-8(9,10)11/h3-4H,1-2H3. The van der Waals surface area contributed by atoms with Gasteiger partial charge in [-0.25, -0.2) is 0 Å². The minimum atomic E-state index is -4.23. The van der Waals surface area contributed by atoms with Crippen molar-refractivity contribution in [2.75, 3.05) is 0 Å². The van der Waals surface area contributed by atoms with Crippen LogP contribution in [0.1, 0.15) is 11.3 Å². The van der Waals surface area contributed by atoms with Crippen molar-refractivity contribution in [1.29, 1.82) is 0 Å². The van der Waals surface area contributed by atoms with E-state index in [-0.39, 0.29) is 16.7 Å². The lowest BCUT2D eigenvalue weighted by molar-refractivity contribution is -0.0328. The van der Waals surface area contributed by atoms with Gasteiger partial charge in [-0.1, -0.05) is 0 Å². The van der Waals surface area contributed by atoms with E-state index in [1.165, 1.54) is 12.3 Å². The Morgan fingerprint density at radius 1 is 1.31 bits per heavy atom. The van der Waals surface area contributed by atoms with Crippen molar-refractivity contribution < 1.29 is 13.2 Å². The summed E-state index contributed by atoms with van der Waals surface area (Å²) >= 11 is -0.139. The van der Waals surface area contributed by atoms with Gasteiger partial charge in [0.05, 0.1) is 0 Å². The summed E-state index contributed by atoms with van der Waals surface area (Å²) in [6.07, 6.45) is 1.24. The van der Waals surface area contributed by atoms with Crippen LogP contribution in [0.2, 0.25) is 0 Å². The summed E-state index contributed by atoms with van der Waals surface area (Å²) in [6.45, 7) is 3.50. The maximum atomic E-state index is 11.9. The molecule has 0 radical (unpaired) electrons. The van der Waals surface area contributed by atoms with Crippen LogP contribution in [-0.2, 0) is 0 Å². The fourth-order valence-corrected chi connectivity index (χ4v) is 1.42. The molecule has 1 rings (SSSR count). The largest absolute Gasteiger partial charge is 0.446 e. The Hall–Kier alpha value is -0.710. The first-order valence-electron chi connectivity index (χ1n) is 3.57. The molecule has 72 valence electrons. The molecule has 0 unspecified atom stereocenters. The minimum absolute atomic E-state index is 0.135. The van der Waals surface area contributed by atoms with E-state index in [2.05, 4.69) is 4.98 Å². The lowest BCUT2D eigenvalue weighted by Crippen LogP contribution is -1.99. The predicted molar refractivity (Wildman–Crippen MR) is 45.6 cm³/mol. The Bertz CT molecular complexity index is 309. The first kappa shape index (κ1) is 10.4. The van der Waals surface area contributed by atoms with Crippen molar-refractivity contribution >= 4 is 11.8 Å². The van der Waals surface area contributed by atoms with Crippen LogP contribution in [0.4, 0.5) is 13.2 Å². The molecule has 0 aromatic carbocycles. The minimum Gasteiger partial charge on any atom is -0.260 e. The first-order valence-corrected chi connectivity index (χ1v) is 4.39. The van der Waals surface area contributed by atoms with Crippen LogP contribution in [0.25, 0.3) is 0 Å². The van der Waals surface area contributed by atoms with E-state index in [1.54, 1.807) is 13.8 Å². The molecule has 1 nitrogen and oxygen atoms in total. The number of nitrogens with zero attached hydrogens (tertiary/aromatic N) is 1. The second-order valence-corrected chi connectivity index (χ2v) is 3.76. The molecule has 0 aliphatic rings. The van der Waals surface area contributed by atoms with E-state index in [1.807, 2.05) is 0 Å². The number of alkyl halides is 3. The molecule has 0 spiro atoms. The number of hydrogen-bond acceptors (Lipinski definition) is 2. The van der Waals surface area contributed by atoms with Crippen LogP contribution in [0.3, 0.4) is 0 Å². The van der Waals surface area contributed by atoms with E-state index in [9.17, 15) is 13.2 Å². The number of rotatable bonds is 1. The van der Waals surface area contributed by atoms with E-state index < -0.39 is 5.51 Å². The van der Waals surface area contributed by atoms with Crippen LogP contribution in [0, 0.1) is 13.8 Å². The molecule has 1 aromatic rings. The molecule has 5 heteroatoms. The predicted octanol–water partition coefficient (Wildman–Crippen LogP) is 3.31. The number of pyridine rings is 1. The zero-order valence-corrected chi connectivity index (χ0v) is 7.96. The van der Waals surface area contributed by atoms with Crippen LogP contribution >= 0.6 is 11.8 Å². The third-order valence-electron chi connectivity index (χ3n) is 1.55. The van der Waals surface area contributed by atoms with Crippen molar-refractivity contribution in [3.8, 4) is 0 Å². The van der Waals surface area contributed by atoms with E-state index >= 15 is 0 Å². The number of aromatic nitrogens is 1. The van der Waals surface area contributed by atoms with Gasteiger partial charge in [0.1, 0.15) is 0 Å². The molecule has 0 bridgehead atoms. The molecule has 0 amide bonds. The van der Waals surface area contributed by atoms with E-state index in [0.29, 0.717) is 0 Å². The van der Waals surface area contributed by atoms with E-state index in [0.717, 1.165) is 11.3 Å². The van der Waals surface area contributed by atoms with Crippen LogP contribution in [0.15, 0.2) is 17.2 Å². The molecule has 0 aliphatic carbocycles. The first-order chi connectivity index (χ1) is 5.88. The summed E-state index contributed by atoms with van der Waals surface area (Å²) in [4.78, 5) is 3.98. The van der Waals surface area contributed by atoms with Crippen LogP contribution in [0.5, 0.6) is 0 Å². The smallest absolute Gasteiger partial charge is 0.260 e. The van der Waals surface area contributed by atoms with Gasteiger partial charge in [0.25, 0.3) is 0 Å². The fraction of sp³-hybridized carbons (Fsp3) is 0.375. The highest BCUT2D eigenvalue weighted by atomic mass is 32.2. The maximum Gasteiger partial charge on any atom is 0.446 e.